The molecule has 26 heavy (non-hydrogen) atoms. The Morgan fingerprint density at radius 1 is 1.19 bits per heavy atom. The number of hydrogen-bond acceptors (Lipinski definition) is 5. The van der Waals surface area contributed by atoms with Gasteiger partial charge in [-0.25, -0.2) is 4.79 Å². The largest absolute Gasteiger partial charge is 0.497 e. The summed E-state index contributed by atoms with van der Waals surface area (Å²) in [6.07, 6.45) is 2.48. The second kappa shape index (κ2) is 7.91. The minimum absolute atomic E-state index is 0.00136. The van der Waals surface area contributed by atoms with Crippen LogP contribution in [0.3, 0.4) is 0 Å². The van der Waals surface area contributed by atoms with Gasteiger partial charge in [-0.05, 0) is 49.9 Å². The minimum atomic E-state index is -0.383. The molecule has 6 heteroatoms. The molecule has 0 saturated heterocycles. The number of thiophene rings is 1. The number of carbonyl (C=O) groups is 2. The quantitative estimate of drug-likeness (QED) is 0.742. The van der Waals surface area contributed by atoms with Crippen LogP contribution >= 0.6 is 11.3 Å². The molecule has 5 nitrogen and oxygen atoms in total. The first-order chi connectivity index (χ1) is 12.5. The van der Waals surface area contributed by atoms with Crippen LogP contribution in [0, 0.1) is 19.8 Å². The highest BCUT2D eigenvalue weighted by atomic mass is 32.1. The summed E-state index contributed by atoms with van der Waals surface area (Å²) in [5.74, 6) is 0.507. The normalized spacial score (nSPS) is 13.3. The number of carbonyl (C=O) groups excluding carboxylic acids is 2. The fraction of sp³-hybridized carbons (Fsp3) is 0.400. The first kappa shape index (κ1) is 18.5. The number of amides is 1. The van der Waals surface area contributed by atoms with E-state index in [9.17, 15) is 9.59 Å². The Labute approximate surface area is 157 Å². The number of ether oxygens (including phenoxy) is 2. The summed E-state index contributed by atoms with van der Waals surface area (Å²) in [6, 6.07) is 7.67. The molecular formula is C20H23NO4S. The summed E-state index contributed by atoms with van der Waals surface area (Å²) in [5, 5.41) is 3.50. The summed E-state index contributed by atoms with van der Waals surface area (Å²) < 4.78 is 10.6. The van der Waals surface area contributed by atoms with Gasteiger partial charge in [-0.1, -0.05) is 12.1 Å². The SMILES string of the molecule is COc1ccc(CCOC(=O)c2c(NC(=O)C3CC3)sc(C)c2C)cc1. The highest BCUT2D eigenvalue weighted by Gasteiger charge is 2.31. The van der Waals surface area contributed by atoms with Crippen molar-refractivity contribution in [3.05, 3.63) is 45.8 Å². The Bertz CT molecular complexity index is 806. The van der Waals surface area contributed by atoms with Crippen molar-refractivity contribution in [1.29, 1.82) is 0 Å². The van der Waals surface area contributed by atoms with Crippen molar-refractivity contribution in [2.24, 2.45) is 5.92 Å². The summed E-state index contributed by atoms with van der Waals surface area (Å²) in [5.41, 5.74) is 2.42. The molecular weight excluding hydrogens is 350 g/mol. The highest BCUT2D eigenvalue weighted by molar-refractivity contribution is 7.16. The van der Waals surface area contributed by atoms with Crippen molar-refractivity contribution in [3.63, 3.8) is 0 Å². The van der Waals surface area contributed by atoms with Crippen LogP contribution < -0.4 is 10.1 Å². The smallest absolute Gasteiger partial charge is 0.341 e. The Morgan fingerprint density at radius 2 is 1.88 bits per heavy atom. The average Bonchev–Trinajstić information content (AvgIpc) is 3.43. The lowest BCUT2D eigenvalue weighted by atomic mass is 10.1. The van der Waals surface area contributed by atoms with E-state index in [0.29, 0.717) is 17.0 Å². The van der Waals surface area contributed by atoms with Gasteiger partial charge in [-0.15, -0.1) is 11.3 Å². The van der Waals surface area contributed by atoms with E-state index in [1.54, 1.807) is 7.11 Å². The van der Waals surface area contributed by atoms with Gasteiger partial charge in [0.1, 0.15) is 10.8 Å². The van der Waals surface area contributed by atoms with Gasteiger partial charge in [0.2, 0.25) is 5.91 Å². The standard InChI is InChI=1S/C20H23NO4S/c1-12-13(2)26-19(21-18(22)15-6-7-15)17(12)20(23)25-11-10-14-4-8-16(24-3)9-5-14/h4-5,8-9,15H,6-7,10-11H2,1-3H3,(H,21,22). The van der Waals surface area contributed by atoms with E-state index in [-0.39, 0.29) is 24.4 Å². The average molecular weight is 373 g/mol. The van der Waals surface area contributed by atoms with Crippen molar-refractivity contribution in [3.8, 4) is 5.75 Å². The summed E-state index contributed by atoms with van der Waals surface area (Å²) in [7, 11) is 1.63. The van der Waals surface area contributed by atoms with Crippen LogP contribution in [0.5, 0.6) is 5.75 Å². The molecule has 138 valence electrons. The van der Waals surface area contributed by atoms with Crippen LogP contribution in [0.1, 0.15) is 39.2 Å². The lowest BCUT2D eigenvalue weighted by Crippen LogP contribution is -2.16. The zero-order valence-corrected chi connectivity index (χ0v) is 16.1. The maximum Gasteiger partial charge on any atom is 0.341 e. The Balaban J connectivity index is 1.62. The van der Waals surface area contributed by atoms with E-state index in [2.05, 4.69) is 5.32 Å². The summed E-state index contributed by atoms with van der Waals surface area (Å²) >= 11 is 1.43. The van der Waals surface area contributed by atoms with Crippen molar-refractivity contribution >= 4 is 28.2 Å². The molecule has 3 rings (SSSR count). The zero-order chi connectivity index (χ0) is 18.7. The van der Waals surface area contributed by atoms with Crippen LogP contribution in [0.15, 0.2) is 24.3 Å². The molecule has 0 unspecified atom stereocenters. The number of methoxy groups -OCH3 is 1. The first-order valence-corrected chi connectivity index (χ1v) is 9.52. The Hall–Kier alpha value is -2.34. The third-order valence-corrected chi connectivity index (χ3v) is 5.68. The number of nitrogens with one attached hydrogen (secondary N) is 1. The number of aryl methyl sites for hydroxylation is 1. The predicted octanol–water partition coefficient (Wildman–Crippen LogP) is 4.12. The van der Waals surface area contributed by atoms with Gasteiger partial charge in [0.15, 0.2) is 0 Å². The van der Waals surface area contributed by atoms with E-state index in [0.717, 1.165) is 34.6 Å². The van der Waals surface area contributed by atoms with Crippen LogP contribution in [0.2, 0.25) is 0 Å². The van der Waals surface area contributed by atoms with Crippen molar-refractivity contribution < 1.29 is 19.1 Å². The summed E-state index contributed by atoms with van der Waals surface area (Å²) in [6.45, 7) is 4.12. The van der Waals surface area contributed by atoms with Gasteiger partial charge < -0.3 is 14.8 Å². The van der Waals surface area contributed by atoms with Crippen LogP contribution in [-0.2, 0) is 16.0 Å². The van der Waals surface area contributed by atoms with Crippen molar-refractivity contribution in [1.82, 2.24) is 0 Å². The van der Waals surface area contributed by atoms with Gasteiger partial charge in [-0.2, -0.15) is 0 Å². The second-order valence-electron chi connectivity index (χ2n) is 6.48. The van der Waals surface area contributed by atoms with Gasteiger partial charge in [0.25, 0.3) is 0 Å². The third kappa shape index (κ3) is 4.25. The van der Waals surface area contributed by atoms with E-state index in [1.165, 1.54) is 11.3 Å². The highest BCUT2D eigenvalue weighted by Crippen LogP contribution is 2.36. The topological polar surface area (TPSA) is 64.6 Å². The molecule has 1 N–H and O–H groups in total. The molecule has 0 aliphatic heterocycles. The lowest BCUT2D eigenvalue weighted by Gasteiger charge is -2.08. The zero-order valence-electron chi connectivity index (χ0n) is 15.3. The first-order valence-electron chi connectivity index (χ1n) is 8.70. The van der Waals surface area contributed by atoms with E-state index in [1.807, 2.05) is 38.1 Å². The molecule has 0 bridgehead atoms. The molecule has 0 radical (unpaired) electrons. The van der Waals surface area contributed by atoms with E-state index in [4.69, 9.17) is 9.47 Å². The maximum atomic E-state index is 12.6. The molecule has 1 fully saturated rings. The molecule has 0 atom stereocenters. The molecule has 1 aliphatic carbocycles. The van der Waals surface area contributed by atoms with Gasteiger partial charge in [0.05, 0.1) is 19.3 Å². The molecule has 0 spiro atoms. The number of rotatable bonds is 7. The molecule has 2 aromatic rings. The maximum absolute atomic E-state index is 12.6. The van der Waals surface area contributed by atoms with Crippen LogP contribution in [0.25, 0.3) is 0 Å². The minimum Gasteiger partial charge on any atom is -0.497 e. The molecule has 1 aliphatic rings. The number of hydrogen-bond donors (Lipinski definition) is 1. The molecule has 1 saturated carbocycles. The van der Waals surface area contributed by atoms with Crippen molar-refractivity contribution in [2.45, 2.75) is 33.1 Å². The van der Waals surface area contributed by atoms with Gasteiger partial charge >= 0.3 is 5.97 Å². The monoisotopic (exact) mass is 373 g/mol. The van der Waals surface area contributed by atoms with Crippen molar-refractivity contribution in [2.75, 3.05) is 19.0 Å². The van der Waals surface area contributed by atoms with Crippen LogP contribution in [-0.4, -0.2) is 25.6 Å². The fourth-order valence-corrected chi connectivity index (χ4v) is 3.70. The molecule has 1 aromatic heterocycles. The summed E-state index contributed by atoms with van der Waals surface area (Å²) in [4.78, 5) is 25.6. The Morgan fingerprint density at radius 3 is 2.50 bits per heavy atom. The van der Waals surface area contributed by atoms with Gasteiger partial charge in [-0.3, -0.25) is 4.79 Å². The molecule has 1 heterocycles. The second-order valence-corrected chi connectivity index (χ2v) is 7.71. The number of anilines is 1. The third-order valence-electron chi connectivity index (χ3n) is 4.56. The fourth-order valence-electron chi connectivity index (χ4n) is 2.65. The van der Waals surface area contributed by atoms with Gasteiger partial charge in [0, 0.05) is 17.2 Å². The molecule has 1 amide bonds. The lowest BCUT2D eigenvalue weighted by molar-refractivity contribution is -0.117. The van der Waals surface area contributed by atoms with E-state index < -0.39 is 0 Å². The number of benzene rings is 1. The van der Waals surface area contributed by atoms with Crippen LogP contribution in [0.4, 0.5) is 5.00 Å². The predicted molar refractivity (Wildman–Crippen MR) is 102 cm³/mol. The van der Waals surface area contributed by atoms with E-state index >= 15 is 0 Å². The molecule has 1 aromatic carbocycles. The number of esters is 1. The Kier molecular flexibility index (Phi) is 5.61.